The maximum Gasteiger partial charge on any atom is 0.310 e. The number of carboxylic acid groups (broad SMARTS) is 1. The van der Waals surface area contributed by atoms with Crippen molar-refractivity contribution in [1.82, 2.24) is 4.98 Å². The molecule has 2 aromatic rings. The second-order valence-electron chi connectivity index (χ2n) is 7.89. The number of aliphatic carboxylic acids is 1. The number of hydrogen-bond acceptors (Lipinski definition) is 5. The van der Waals surface area contributed by atoms with Crippen molar-refractivity contribution in [1.29, 1.82) is 0 Å². The first-order chi connectivity index (χ1) is 14.0. The fourth-order valence-electron chi connectivity index (χ4n) is 4.44. The minimum atomic E-state index is -0.962. The predicted octanol–water partition coefficient (Wildman–Crippen LogP) is 4.28. The summed E-state index contributed by atoms with van der Waals surface area (Å²) < 4.78 is 5.70. The van der Waals surface area contributed by atoms with E-state index in [4.69, 9.17) is 4.74 Å². The van der Waals surface area contributed by atoms with Gasteiger partial charge in [-0.3, -0.25) is 9.59 Å². The Morgan fingerprint density at radius 2 is 1.90 bits per heavy atom. The van der Waals surface area contributed by atoms with Gasteiger partial charge >= 0.3 is 5.97 Å². The number of amides is 1. The standard InChI is InChI=1S/C22H26N2O4S/c1-3-4-5-13-6-8-14(9-7-13)19-12(2)29-22(23-19)24-20(25)17-15-10-11-16(28-15)18(17)21(26)27/h6-9,15-18H,3-5,10-11H2,1-2H3,(H,26,27)(H,23,24,25)/t15-,16-,17-,18-/m0/s1. The summed E-state index contributed by atoms with van der Waals surface area (Å²) in [5.74, 6) is -2.70. The van der Waals surface area contributed by atoms with Crippen LogP contribution in [0.3, 0.4) is 0 Å². The van der Waals surface area contributed by atoms with Crippen LogP contribution in [0, 0.1) is 18.8 Å². The van der Waals surface area contributed by atoms with Gasteiger partial charge in [0.15, 0.2) is 5.13 Å². The summed E-state index contributed by atoms with van der Waals surface area (Å²) in [6, 6.07) is 8.41. The maximum absolute atomic E-state index is 12.8. The van der Waals surface area contributed by atoms with Gasteiger partial charge in [-0.05, 0) is 38.2 Å². The molecule has 0 radical (unpaired) electrons. The number of ether oxygens (including phenoxy) is 1. The van der Waals surface area contributed by atoms with Crippen molar-refractivity contribution in [3.63, 3.8) is 0 Å². The van der Waals surface area contributed by atoms with Crippen molar-refractivity contribution in [2.75, 3.05) is 5.32 Å². The molecule has 2 saturated heterocycles. The molecule has 7 heteroatoms. The quantitative estimate of drug-likeness (QED) is 0.706. The van der Waals surface area contributed by atoms with E-state index in [9.17, 15) is 14.7 Å². The van der Waals surface area contributed by atoms with Crippen molar-refractivity contribution in [2.45, 2.75) is 58.2 Å². The number of anilines is 1. The van der Waals surface area contributed by atoms with Gasteiger partial charge in [-0.15, -0.1) is 11.3 Å². The average Bonchev–Trinajstić information content (AvgIpc) is 3.41. The van der Waals surface area contributed by atoms with Gasteiger partial charge in [0.05, 0.1) is 29.7 Å². The van der Waals surface area contributed by atoms with Gasteiger partial charge in [0.25, 0.3) is 0 Å². The van der Waals surface area contributed by atoms with Crippen LogP contribution in [0.15, 0.2) is 24.3 Å². The lowest BCUT2D eigenvalue weighted by Crippen LogP contribution is -2.40. The SMILES string of the molecule is CCCCc1ccc(-c2nc(NC(=O)[C@@H]3[C@@H](C(=O)O)[C@@H]4CC[C@@H]3O4)sc2C)cc1. The van der Waals surface area contributed by atoms with E-state index in [2.05, 4.69) is 41.5 Å². The highest BCUT2D eigenvalue weighted by molar-refractivity contribution is 7.16. The monoisotopic (exact) mass is 414 g/mol. The molecular weight excluding hydrogens is 388 g/mol. The van der Waals surface area contributed by atoms with Crippen LogP contribution in [0.5, 0.6) is 0 Å². The van der Waals surface area contributed by atoms with Gasteiger partial charge in [0.2, 0.25) is 5.91 Å². The number of nitrogens with zero attached hydrogens (tertiary/aromatic N) is 1. The molecule has 4 atom stereocenters. The summed E-state index contributed by atoms with van der Waals surface area (Å²) in [5.41, 5.74) is 3.19. The number of carboxylic acids is 1. The first-order valence-corrected chi connectivity index (χ1v) is 11.1. The van der Waals surface area contributed by atoms with Crippen LogP contribution in [0.4, 0.5) is 5.13 Å². The van der Waals surface area contributed by atoms with E-state index in [0.717, 1.165) is 29.0 Å². The number of hydrogen-bond donors (Lipinski definition) is 2. The Morgan fingerprint density at radius 1 is 1.21 bits per heavy atom. The molecule has 1 aromatic carbocycles. The van der Waals surface area contributed by atoms with Gasteiger partial charge in [-0.25, -0.2) is 4.98 Å². The Kier molecular flexibility index (Phi) is 5.69. The largest absolute Gasteiger partial charge is 0.481 e. The van der Waals surface area contributed by atoms with Gasteiger partial charge < -0.3 is 15.2 Å². The van der Waals surface area contributed by atoms with Crippen molar-refractivity contribution in [3.8, 4) is 11.3 Å². The Morgan fingerprint density at radius 3 is 2.55 bits per heavy atom. The van der Waals surface area contributed by atoms with E-state index in [1.54, 1.807) is 0 Å². The van der Waals surface area contributed by atoms with Crippen LogP contribution in [0.1, 0.15) is 43.0 Å². The Balaban J connectivity index is 1.48. The van der Waals surface area contributed by atoms with Crippen LogP contribution >= 0.6 is 11.3 Å². The second-order valence-corrected chi connectivity index (χ2v) is 9.10. The number of aromatic nitrogens is 1. The summed E-state index contributed by atoms with van der Waals surface area (Å²) in [4.78, 5) is 30.1. The molecule has 1 amide bonds. The fourth-order valence-corrected chi connectivity index (χ4v) is 5.28. The van der Waals surface area contributed by atoms with Crippen LogP contribution in [0.25, 0.3) is 11.3 Å². The molecule has 0 saturated carbocycles. The Hall–Kier alpha value is -2.25. The highest BCUT2D eigenvalue weighted by Gasteiger charge is 2.55. The van der Waals surface area contributed by atoms with E-state index in [1.165, 1.54) is 29.7 Å². The molecule has 2 aliphatic rings. The zero-order valence-corrected chi connectivity index (χ0v) is 17.5. The number of unbranched alkanes of at least 4 members (excludes halogenated alkanes) is 1. The molecule has 2 bridgehead atoms. The number of benzene rings is 1. The minimum absolute atomic E-state index is 0.306. The smallest absolute Gasteiger partial charge is 0.310 e. The molecule has 1 aromatic heterocycles. The van der Waals surface area contributed by atoms with Crippen LogP contribution < -0.4 is 5.32 Å². The number of aryl methyl sites for hydroxylation is 2. The normalized spacial score (nSPS) is 25.3. The van der Waals surface area contributed by atoms with Gasteiger partial charge in [0.1, 0.15) is 0 Å². The molecular formula is C22H26N2O4S. The summed E-state index contributed by atoms with van der Waals surface area (Å²) in [7, 11) is 0. The van der Waals surface area contributed by atoms with E-state index in [0.29, 0.717) is 11.6 Å². The topological polar surface area (TPSA) is 88.5 Å². The lowest BCUT2D eigenvalue weighted by molar-refractivity contribution is -0.147. The third-order valence-corrected chi connectivity index (χ3v) is 6.82. The molecule has 4 rings (SSSR count). The molecule has 3 heterocycles. The summed E-state index contributed by atoms with van der Waals surface area (Å²) in [6.45, 7) is 4.17. The van der Waals surface area contributed by atoms with Crippen molar-refractivity contribution in [2.24, 2.45) is 11.8 Å². The molecule has 6 nitrogen and oxygen atoms in total. The van der Waals surface area contributed by atoms with E-state index >= 15 is 0 Å². The van der Waals surface area contributed by atoms with E-state index in [-0.39, 0.29) is 18.1 Å². The van der Waals surface area contributed by atoms with Crippen LogP contribution in [-0.2, 0) is 20.7 Å². The number of carbonyl (C=O) groups excluding carboxylic acids is 1. The van der Waals surface area contributed by atoms with Crippen LogP contribution in [-0.4, -0.2) is 34.2 Å². The molecule has 2 aliphatic heterocycles. The summed E-state index contributed by atoms with van der Waals surface area (Å²) in [6.07, 6.45) is 4.20. The summed E-state index contributed by atoms with van der Waals surface area (Å²) in [5, 5.41) is 12.9. The van der Waals surface area contributed by atoms with Crippen molar-refractivity contribution >= 4 is 28.3 Å². The number of thiazole rings is 1. The van der Waals surface area contributed by atoms with Crippen LogP contribution in [0.2, 0.25) is 0 Å². The first-order valence-electron chi connectivity index (χ1n) is 10.2. The number of fused-ring (bicyclic) bond motifs is 2. The zero-order valence-electron chi connectivity index (χ0n) is 16.7. The number of rotatable bonds is 7. The molecule has 0 spiro atoms. The minimum Gasteiger partial charge on any atom is -0.481 e. The fraction of sp³-hybridized carbons (Fsp3) is 0.500. The van der Waals surface area contributed by atoms with Crippen molar-refractivity contribution < 1.29 is 19.4 Å². The predicted molar refractivity (Wildman–Crippen MR) is 112 cm³/mol. The highest BCUT2D eigenvalue weighted by atomic mass is 32.1. The van der Waals surface area contributed by atoms with Gasteiger partial charge in [0, 0.05) is 10.4 Å². The lowest BCUT2D eigenvalue weighted by Gasteiger charge is -2.23. The van der Waals surface area contributed by atoms with Gasteiger partial charge in [-0.1, -0.05) is 37.6 Å². The molecule has 0 unspecified atom stereocenters. The highest BCUT2D eigenvalue weighted by Crippen LogP contribution is 2.44. The molecule has 2 fully saturated rings. The van der Waals surface area contributed by atoms with E-state index < -0.39 is 17.8 Å². The number of carbonyl (C=O) groups is 2. The zero-order chi connectivity index (χ0) is 20.5. The third-order valence-electron chi connectivity index (χ3n) is 5.93. The Bertz CT molecular complexity index is 908. The average molecular weight is 415 g/mol. The second kappa shape index (κ2) is 8.24. The maximum atomic E-state index is 12.8. The molecule has 0 aliphatic carbocycles. The third kappa shape index (κ3) is 3.94. The lowest BCUT2D eigenvalue weighted by atomic mass is 9.79. The number of nitrogens with one attached hydrogen (secondary N) is 1. The van der Waals surface area contributed by atoms with E-state index in [1.807, 2.05) is 6.92 Å². The molecule has 154 valence electrons. The van der Waals surface area contributed by atoms with Gasteiger partial charge in [-0.2, -0.15) is 0 Å². The summed E-state index contributed by atoms with van der Waals surface area (Å²) >= 11 is 1.41. The Labute approximate surface area is 174 Å². The molecule has 2 N–H and O–H groups in total. The first kappa shape index (κ1) is 20.0. The van der Waals surface area contributed by atoms with Crippen molar-refractivity contribution in [3.05, 3.63) is 34.7 Å². The molecule has 29 heavy (non-hydrogen) atoms.